The van der Waals surface area contributed by atoms with Gasteiger partial charge in [0.2, 0.25) is 0 Å². The van der Waals surface area contributed by atoms with Gasteiger partial charge < -0.3 is 25.4 Å². The van der Waals surface area contributed by atoms with Crippen molar-refractivity contribution in [2.75, 3.05) is 33.3 Å². The summed E-state index contributed by atoms with van der Waals surface area (Å²) in [5.74, 6) is 0.692. The summed E-state index contributed by atoms with van der Waals surface area (Å²) < 4.78 is 11.0. The number of nitrogens with zero attached hydrogens (tertiary/aromatic N) is 1. The molecule has 1 aromatic carbocycles. The molecule has 0 aliphatic rings. The number of carbonyl (C=O) groups is 1. The van der Waals surface area contributed by atoms with Crippen LogP contribution in [0.4, 0.5) is 4.79 Å². The van der Waals surface area contributed by atoms with Gasteiger partial charge in [-0.1, -0.05) is 30.3 Å². The van der Waals surface area contributed by atoms with Crippen molar-refractivity contribution >= 4 is 36.0 Å². The van der Waals surface area contributed by atoms with Crippen LogP contribution in [-0.2, 0) is 9.47 Å². The lowest BCUT2D eigenvalue weighted by Gasteiger charge is -2.20. The molecule has 1 rings (SSSR count). The molecule has 0 radical (unpaired) electrons. The summed E-state index contributed by atoms with van der Waals surface area (Å²) in [6.07, 6.45) is 0.535. The summed E-state index contributed by atoms with van der Waals surface area (Å²) in [6.45, 7) is 9.98. The molecule has 3 N–H and O–H groups in total. The number of amides is 1. The van der Waals surface area contributed by atoms with Gasteiger partial charge in [0, 0.05) is 33.3 Å². The van der Waals surface area contributed by atoms with Crippen LogP contribution in [0.5, 0.6) is 0 Å². The molecule has 0 aliphatic heterocycles. The molecule has 7 nitrogen and oxygen atoms in total. The number of halogens is 1. The Hall–Kier alpha value is -1.55. The lowest BCUT2D eigenvalue weighted by atomic mass is 10.1. The Bertz CT molecular complexity index is 577. The van der Waals surface area contributed by atoms with Crippen molar-refractivity contribution in [2.45, 2.75) is 45.8 Å². The standard InChI is InChI=1S/C20H34N4O3.HI/c1-16(17-10-7-6-8-11-17)26-15-9-12-22-18(21-5)23-13-14-24-19(25)27-20(2,3)4;/h6-8,10-11,16H,9,12-15H2,1-5H3,(H,24,25)(H2,21,22,23);1H. The first kappa shape index (κ1) is 26.4. The summed E-state index contributed by atoms with van der Waals surface area (Å²) in [6, 6.07) is 10.2. The first-order chi connectivity index (χ1) is 12.8. The molecule has 0 heterocycles. The monoisotopic (exact) mass is 506 g/mol. The Balaban J connectivity index is 0.00000729. The Labute approximate surface area is 186 Å². The maximum atomic E-state index is 11.6. The van der Waals surface area contributed by atoms with Crippen LogP contribution in [0.25, 0.3) is 0 Å². The van der Waals surface area contributed by atoms with Gasteiger partial charge in [0.15, 0.2) is 5.96 Å². The summed E-state index contributed by atoms with van der Waals surface area (Å²) in [4.78, 5) is 15.7. The number of benzene rings is 1. The topological polar surface area (TPSA) is 84.0 Å². The van der Waals surface area contributed by atoms with Crippen LogP contribution in [0.1, 0.15) is 45.8 Å². The lowest BCUT2D eigenvalue weighted by molar-refractivity contribution is 0.0528. The fraction of sp³-hybridized carbons (Fsp3) is 0.600. The van der Waals surface area contributed by atoms with Gasteiger partial charge in [-0.2, -0.15) is 0 Å². The summed E-state index contributed by atoms with van der Waals surface area (Å²) >= 11 is 0. The number of rotatable bonds is 9. The first-order valence-corrected chi connectivity index (χ1v) is 9.39. The minimum atomic E-state index is -0.491. The fourth-order valence-corrected chi connectivity index (χ4v) is 2.24. The highest BCUT2D eigenvalue weighted by Gasteiger charge is 2.15. The van der Waals surface area contributed by atoms with E-state index in [1.807, 2.05) is 39.0 Å². The molecule has 0 bridgehead atoms. The van der Waals surface area contributed by atoms with Gasteiger partial charge in [0.05, 0.1) is 6.10 Å². The van der Waals surface area contributed by atoms with E-state index >= 15 is 0 Å². The Morgan fingerprint density at radius 3 is 2.29 bits per heavy atom. The average Bonchev–Trinajstić information content (AvgIpc) is 2.62. The molecule has 1 unspecified atom stereocenters. The van der Waals surface area contributed by atoms with Crippen LogP contribution in [0.15, 0.2) is 35.3 Å². The molecule has 0 saturated carbocycles. The maximum absolute atomic E-state index is 11.6. The number of hydrogen-bond acceptors (Lipinski definition) is 4. The zero-order chi connectivity index (χ0) is 20.1. The van der Waals surface area contributed by atoms with Gasteiger partial charge in [-0.15, -0.1) is 24.0 Å². The Morgan fingerprint density at radius 2 is 1.68 bits per heavy atom. The molecule has 28 heavy (non-hydrogen) atoms. The van der Waals surface area contributed by atoms with E-state index in [0.29, 0.717) is 25.7 Å². The molecule has 0 spiro atoms. The minimum absolute atomic E-state index is 0. The molecule has 160 valence electrons. The quantitative estimate of drug-likeness (QED) is 0.207. The number of carbonyl (C=O) groups excluding carboxylic acids is 1. The molecule has 1 amide bonds. The second-order valence-corrected chi connectivity index (χ2v) is 7.13. The highest BCUT2D eigenvalue weighted by atomic mass is 127. The van der Waals surface area contributed by atoms with Gasteiger partial charge in [0.1, 0.15) is 5.60 Å². The third-order valence-electron chi connectivity index (χ3n) is 3.56. The first-order valence-electron chi connectivity index (χ1n) is 9.39. The maximum Gasteiger partial charge on any atom is 0.407 e. The molecule has 0 aromatic heterocycles. The molecule has 0 aliphatic carbocycles. The lowest BCUT2D eigenvalue weighted by Crippen LogP contribution is -2.42. The van der Waals surface area contributed by atoms with Crippen LogP contribution in [0, 0.1) is 0 Å². The zero-order valence-electron chi connectivity index (χ0n) is 17.6. The van der Waals surface area contributed by atoms with Crippen molar-refractivity contribution in [1.82, 2.24) is 16.0 Å². The van der Waals surface area contributed by atoms with Crippen molar-refractivity contribution < 1.29 is 14.3 Å². The number of hydrogen-bond donors (Lipinski definition) is 3. The number of aliphatic imine (C=N–C) groups is 1. The van der Waals surface area contributed by atoms with Crippen molar-refractivity contribution in [3.05, 3.63) is 35.9 Å². The summed E-state index contributed by atoms with van der Waals surface area (Å²) in [5.41, 5.74) is 0.690. The normalized spacial score (nSPS) is 12.5. The van der Waals surface area contributed by atoms with E-state index in [4.69, 9.17) is 9.47 Å². The van der Waals surface area contributed by atoms with E-state index in [1.54, 1.807) is 7.05 Å². The van der Waals surface area contributed by atoms with E-state index in [2.05, 4.69) is 40.0 Å². The van der Waals surface area contributed by atoms with Gasteiger partial charge in [-0.25, -0.2) is 4.79 Å². The third kappa shape index (κ3) is 12.8. The summed E-state index contributed by atoms with van der Waals surface area (Å²) in [7, 11) is 1.71. The largest absolute Gasteiger partial charge is 0.444 e. The second-order valence-electron chi connectivity index (χ2n) is 7.13. The van der Waals surface area contributed by atoms with E-state index < -0.39 is 11.7 Å². The highest BCUT2D eigenvalue weighted by Crippen LogP contribution is 2.15. The minimum Gasteiger partial charge on any atom is -0.444 e. The van der Waals surface area contributed by atoms with Gasteiger partial charge >= 0.3 is 6.09 Å². The molecule has 8 heteroatoms. The SMILES string of the molecule is CN=C(NCCCOC(C)c1ccccc1)NCCNC(=O)OC(C)(C)C.I. The number of guanidine groups is 1. The molecular formula is C20H35IN4O3. The Kier molecular flexibility index (Phi) is 13.6. The van der Waals surface area contributed by atoms with Crippen LogP contribution in [-0.4, -0.2) is 50.9 Å². The van der Waals surface area contributed by atoms with Gasteiger partial charge in [-0.3, -0.25) is 4.99 Å². The van der Waals surface area contributed by atoms with Gasteiger partial charge in [0.25, 0.3) is 0 Å². The number of ether oxygens (including phenoxy) is 2. The zero-order valence-corrected chi connectivity index (χ0v) is 19.9. The molecule has 1 aromatic rings. The second kappa shape index (κ2) is 14.4. The average molecular weight is 506 g/mol. The van der Waals surface area contributed by atoms with Crippen molar-refractivity contribution in [3.63, 3.8) is 0 Å². The van der Waals surface area contributed by atoms with Gasteiger partial charge in [-0.05, 0) is 39.7 Å². The molecule has 0 saturated heterocycles. The van der Waals surface area contributed by atoms with E-state index in [0.717, 1.165) is 13.0 Å². The predicted octanol–water partition coefficient (Wildman–Crippen LogP) is 3.46. The van der Waals surface area contributed by atoms with Crippen LogP contribution >= 0.6 is 24.0 Å². The van der Waals surface area contributed by atoms with Crippen LogP contribution in [0.2, 0.25) is 0 Å². The number of alkyl carbamates (subject to hydrolysis) is 1. The Morgan fingerprint density at radius 1 is 1.07 bits per heavy atom. The van der Waals surface area contributed by atoms with E-state index in [-0.39, 0.29) is 30.1 Å². The predicted molar refractivity (Wildman–Crippen MR) is 124 cm³/mol. The molecule has 0 fully saturated rings. The molecule has 1 atom stereocenters. The van der Waals surface area contributed by atoms with E-state index in [1.165, 1.54) is 5.56 Å². The smallest absolute Gasteiger partial charge is 0.407 e. The van der Waals surface area contributed by atoms with Crippen LogP contribution < -0.4 is 16.0 Å². The van der Waals surface area contributed by atoms with Crippen molar-refractivity contribution in [3.8, 4) is 0 Å². The molecular weight excluding hydrogens is 471 g/mol. The summed E-state index contributed by atoms with van der Waals surface area (Å²) in [5, 5.41) is 9.06. The van der Waals surface area contributed by atoms with Crippen molar-refractivity contribution in [1.29, 1.82) is 0 Å². The number of nitrogens with one attached hydrogen (secondary N) is 3. The van der Waals surface area contributed by atoms with E-state index in [9.17, 15) is 4.79 Å². The fourth-order valence-electron chi connectivity index (χ4n) is 2.24. The van der Waals surface area contributed by atoms with Crippen molar-refractivity contribution in [2.24, 2.45) is 4.99 Å². The van der Waals surface area contributed by atoms with Crippen LogP contribution in [0.3, 0.4) is 0 Å². The highest BCUT2D eigenvalue weighted by molar-refractivity contribution is 14.0. The third-order valence-corrected chi connectivity index (χ3v) is 3.56.